The Morgan fingerprint density at radius 1 is 1.24 bits per heavy atom. The lowest BCUT2D eigenvalue weighted by molar-refractivity contribution is -0.121. The van der Waals surface area contributed by atoms with E-state index in [0.717, 1.165) is 5.56 Å². The van der Waals surface area contributed by atoms with Gasteiger partial charge in [0.05, 0.1) is 11.3 Å². The molecule has 0 bridgehead atoms. The van der Waals surface area contributed by atoms with Gasteiger partial charge in [0.1, 0.15) is 5.75 Å². The molecule has 2 rings (SSSR count). The van der Waals surface area contributed by atoms with E-state index in [-0.39, 0.29) is 28.0 Å². The van der Waals surface area contributed by atoms with Crippen LogP contribution in [0.15, 0.2) is 42.5 Å². The van der Waals surface area contributed by atoms with Crippen molar-refractivity contribution in [2.45, 2.75) is 6.92 Å². The highest BCUT2D eigenvalue weighted by Crippen LogP contribution is 2.20. The van der Waals surface area contributed by atoms with E-state index in [0.29, 0.717) is 5.75 Å². The summed E-state index contributed by atoms with van der Waals surface area (Å²) in [6.07, 6.45) is 0. The molecular weight excluding hydrogens is 364 g/mol. The third-order valence-electron chi connectivity index (χ3n) is 3.17. The van der Waals surface area contributed by atoms with Crippen molar-refractivity contribution < 1.29 is 19.4 Å². The van der Waals surface area contributed by atoms with Crippen molar-refractivity contribution in [2.75, 3.05) is 11.9 Å². The van der Waals surface area contributed by atoms with Gasteiger partial charge in [-0.2, -0.15) is 0 Å². The number of ether oxygens (including phenoxy) is 1. The molecule has 0 spiro atoms. The summed E-state index contributed by atoms with van der Waals surface area (Å²) in [5, 5.41) is 14.5. The van der Waals surface area contributed by atoms with E-state index in [4.69, 9.17) is 28.6 Å². The molecule has 25 heavy (non-hydrogen) atoms. The number of carbonyl (C=O) groups excluding carboxylic acids is 1. The maximum absolute atomic E-state index is 11.9. The zero-order valence-electron chi connectivity index (χ0n) is 13.2. The number of para-hydroxylation sites is 1. The first-order valence-electron chi connectivity index (χ1n) is 7.19. The molecule has 0 aromatic heterocycles. The van der Waals surface area contributed by atoms with Crippen molar-refractivity contribution in [3.05, 3.63) is 58.6 Å². The number of benzene rings is 2. The van der Waals surface area contributed by atoms with Crippen LogP contribution in [0, 0.1) is 6.92 Å². The van der Waals surface area contributed by atoms with Gasteiger partial charge in [-0.25, -0.2) is 4.79 Å². The largest absolute Gasteiger partial charge is 0.483 e. The first-order chi connectivity index (χ1) is 11.9. The maximum atomic E-state index is 11.9. The second kappa shape index (κ2) is 8.46. The van der Waals surface area contributed by atoms with Gasteiger partial charge >= 0.3 is 5.97 Å². The summed E-state index contributed by atoms with van der Waals surface area (Å²) in [6, 6.07) is 11.6. The smallest absolute Gasteiger partial charge is 0.337 e. The van der Waals surface area contributed by atoms with Crippen LogP contribution in [0.5, 0.6) is 5.75 Å². The van der Waals surface area contributed by atoms with E-state index in [1.165, 1.54) is 18.2 Å². The molecule has 0 aliphatic rings. The number of carbonyl (C=O) groups is 2. The molecule has 0 unspecified atom stereocenters. The molecule has 0 radical (unpaired) electrons. The number of aryl methyl sites for hydroxylation is 1. The highest BCUT2D eigenvalue weighted by atomic mass is 35.5. The predicted molar refractivity (Wildman–Crippen MR) is 99.4 cm³/mol. The number of aromatic carboxylic acids is 1. The van der Waals surface area contributed by atoms with Crippen LogP contribution in [0.1, 0.15) is 15.9 Å². The van der Waals surface area contributed by atoms with Crippen LogP contribution in [0.2, 0.25) is 5.02 Å². The average Bonchev–Trinajstić information content (AvgIpc) is 2.55. The van der Waals surface area contributed by atoms with Gasteiger partial charge in [0.25, 0.3) is 5.91 Å². The Morgan fingerprint density at radius 3 is 2.64 bits per heavy atom. The number of carboxylic acid groups (broad SMARTS) is 1. The van der Waals surface area contributed by atoms with Crippen LogP contribution >= 0.6 is 23.8 Å². The fraction of sp³-hybridized carbons (Fsp3) is 0.118. The number of halogens is 1. The van der Waals surface area contributed by atoms with Crippen molar-refractivity contribution in [3.63, 3.8) is 0 Å². The molecule has 8 heteroatoms. The van der Waals surface area contributed by atoms with Crippen LogP contribution in [-0.4, -0.2) is 28.7 Å². The van der Waals surface area contributed by atoms with Crippen molar-refractivity contribution >= 4 is 46.5 Å². The van der Waals surface area contributed by atoms with E-state index in [2.05, 4.69) is 10.6 Å². The lowest BCUT2D eigenvalue weighted by Gasteiger charge is -2.13. The second-order valence-corrected chi connectivity index (χ2v) is 5.90. The van der Waals surface area contributed by atoms with Gasteiger partial charge in [0, 0.05) is 5.02 Å². The summed E-state index contributed by atoms with van der Waals surface area (Å²) in [5.41, 5.74) is 1.07. The van der Waals surface area contributed by atoms with Crippen LogP contribution in [-0.2, 0) is 4.79 Å². The van der Waals surface area contributed by atoms with E-state index >= 15 is 0 Å². The minimum absolute atomic E-state index is 0.0387. The van der Waals surface area contributed by atoms with E-state index < -0.39 is 11.9 Å². The molecule has 0 heterocycles. The number of nitrogens with one attached hydrogen (secondary N) is 2. The predicted octanol–water partition coefficient (Wildman–Crippen LogP) is 3.24. The van der Waals surface area contributed by atoms with E-state index in [1.54, 1.807) is 12.1 Å². The number of thiocarbonyl (C=S) groups is 1. The molecule has 0 saturated carbocycles. The summed E-state index contributed by atoms with van der Waals surface area (Å²) >= 11 is 10.8. The number of hydrogen-bond donors (Lipinski definition) is 3. The summed E-state index contributed by atoms with van der Waals surface area (Å²) in [5.74, 6) is -1.03. The fourth-order valence-electron chi connectivity index (χ4n) is 1.98. The van der Waals surface area contributed by atoms with Gasteiger partial charge in [-0.3, -0.25) is 10.1 Å². The molecule has 2 aromatic rings. The highest BCUT2D eigenvalue weighted by molar-refractivity contribution is 7.80. The molecule has 0 saturated heterocycles. The Balaban J connectivity index is 1.93. The third-order valence-corrected chi connectivity index (χ3v) is 3.60. The van der Waals surface area contributed by atoms with Crippen molar-refractivity contribution in [1.82, 2.24) is 5.32 Å². The molecule has 0 aliphatic heterocycles. The van der Waals surface area contributed by atoms with Gasteiger partial charge in [-0.15, -0.1) is 0 Å². The van der Waals surface area contributed by atoms with Gasteiger partial charge in [-0.05, 0) is 49.0 Å². The summed E-state index contributed by atoms with van der Waals surface area (Å²) in [7, 11) is 0. The highest BCUT2D eigenvalue weighted by Gasteiger charge is 2.13. The number of amides is 1. The van der Waals surface area contributed by atoms with Gasteiger partial charge in [0.2, 0.25) is 0 Å². The molecular formula is C17H15ClN2O4S. The Labute approximate surface area is 154 Å². The summed E-state index contributed by atoms with van der Waals surface area (Å²) in [4.78, 5) is 23.1. The molecule has 0 fully saturated rings. The molecule has 0 atom stereocenters. The minimum Gasteiger partial charge on any atom is -0.483 e. The van der Waals surface area contributed by atoms with E-state index in [9.17, 15) is 14.7 Å². The number of anilines is 1. The Morgan fingerprint density at radius 2 is 1.96 bits per heavy atom. The van der Waals surface area contributed by atoms with Gasteiger partial charge in [0.15, 0.2) is 11.7 Å². The molecule has 6 nitrogen and oxygen atoms in total. The first-order valence-corrected chi connectivity index (χ1v) is 7.97. The van der Waals surface area contributed by atoms with Crippen molar-refractivity contribution in [1.29, 1.82) is 0 Å². The Bertz CT molecular complexity index is 826. The van der Waals surface area contributed by atoms with Crippen LogP contribution < -0.4 is 15.4 Å². The summed E-state index contributed by atoms with van der Waals surface area (Å²) in [6.45, 7) is 1.65. The average molecular weight is 379 g/mol. The molecule has 3 N–H and O–H groups in total. The van der Waals surface area contributed by atoms with Crippen LogP contribution in [0.4, 0.5) is 5.69 Å². The third kappa shape index (κ3) is 5.44. The van der Waals surface area contributed by atoms with Crippen LogP contribution in [0.25, 0.3) is 0 Å². The Kier molecular flexibility index (Phi) is 6.32. The molecule has 130 valence electrons. The monoisotopic (exact) mass is 378 g/mol. The number of carboxylic acids is 1. The van der Waals surface area contributed by atoms with Gasteiger partial charge in [-0.1, -0.05) is 29.8 Å². The van der Waals surface area contributed by atoms with Crippen molar-refractivity contribution in [3.8, 4) is 5.75 Å². The quantitative estimate of drug-likeness (QED) is 0.692. The SMILES string of the molecule is Cc1ccccc1OCC(=O)NC(=S)Nc1ccc(Cl)cc1C(=O)O. The Hall–Kier alpha value is -2.64. The zero-order valence-corrected chi connectivity index (χ0v) is 14.8. The fourth-order valence-corrected chi connectivity index (χ4v) is 2.38. The summed E-state index contributed by atoms with van der Waals surface area (Å²) < 4.78 is 5.42. The molecule has 2 aromatic carbocycles. The van der Waals surface area contributed by atoms with Crippen molar-refractivity contribution in [2.24, 2.45) is 0 Å². The topological polar surface area (TPSA) is 87.7 Å². The lowest BCUT2D eigenvalue weighted by atomic mass is 10.2. The second-order valence-electron chi connectivity index (χ2n) is 5.05. The molecule has 1 amide bonds. The number of rotatable bonds is 5. The maximum Gasteiger partial charge on any atom is 0.337 e. The van der Waals surface area contributed by atoms with E-state index in [1.807, 2.05) is 19.1 Å². The molecule has 0 aliphatic carbocycles. The normalized spacial score (nSPS) is 10.0. The lowest BCUT2D eigenvalue weighted by Crippen LogP contribution is -2.37. The number of hydrogen-bond acceptors (Lipinski definition) is 4. The minimum atomic E-state index is -1.16. The van der Waals surface area contributed by atoms with Crippen LogP contribution in [0.3, 0.4) is 0 Å². The standard InChI is InChI=1S/C17H15ClN2O4S/c1-10-4-2-3-5-14(10)24-9-15(21)20-17(25)19-13-7-6-11(18)8-12(13)16(22)23/h2-8H,9H2,1H3,(H,22,23)(H2,19,20,21,25). The zero-order chi connectivity index (χ0) is 18.4. The first kappa shape index (κ1) is 18.7. The van der Waals surface area contributed by atoms with Gasteiger partial charge < -0.3 is 15.2 Å².